The third-order valence-corrected chi connectivity index (χ3v) is 3.35. The van der Waals surface area contributed by atoms with E-state index in [0.717, 1.165) is 12.1 Å². The Kier molecular flexibility index (Phi) is 4.25. The summed E-state index contributed by atoms with van der Waals surface area (Å²) >= 11 is 0. The molecule has 0 bridgehead atoms. The maximum absolute atomic E-state index is 13.6. The van der Waals surface area contributed by atoms with E-state index in [4.69, 9.17) is 4.42 Å². The number of amides is 1. The molecular formula is C17H10F2N2O4. The molecule has 0 radical (unpaired) electrons. The van der Waals surface area contributed by atoms with Gasteiger partial charge in [0.05, 0.1) is 10.6 Å². The third kappa shape index (κ3) is 3.52. The minimum absolute atomic E-state index is 0.117. The minimum atomic E-state index is -0.918. The molecule has 3 aromatic rings. The summed E-state index contributed by atoms with van der Waals surface area (Å²) in [5.41, 5.74) is 0.106. The van der Waals surface area contributed by atoms with Crippen molar-refractivity contribution in [3.63, 3.8) is 0 Å². The molecule has 126 valence electrons. The van der Waals surface area contributed by atoms with E-state index in [1.54, 1.807) is 6.07 Å². The van der Waals surface area contributed by atoms with Gasteiger partial charge in [0, 0.05) is 23.8 Å². The van der Waals surface area contributed by atoms with Crippen molar-refractivity contribution in [1.29, 1.82) is 0 Å². The summed E-state index contributed by atoms with van der Waals surface area (Å²) in [6, 6.07) is 11.3. The average Bonchev–Trinajstić information content (AvgIpc) is 3.07. The van der Waals surface area contributed by atoms with Crippen LogP contribution in [0.25, 0.3) is 11.3 Å². The standard InChI is InChI=1S/C17H10F2N2O4/c18-11-4-5-14(13(19)9-11)20-17(22)16-7-6-15(25-16)10-2-1-3-12(8-10)21(23)24/h1-9H,(H,20,22). The number of nitro groups is 1. The van der Waals surface area contributed by atoms with Gasteiger partial charge in [-0.3, -0.25) is 14.9 Å². The van der Waals surface area contributed by atoms with Gasteiger partial charge in [-0.25, -0.2) is 8.78 Å². The Labute approximate surface area is 139 Å². The third-order valence-electron chi connectivity index (χ3n) is 3.35. The molecule has 0 saturated carbocycles. The number of carbonyl (C=O) groups is 1. The monoisotopic (exact) mass is 344 g/mol. The van der Waals surface area contributed by atoms with Crippen molar-refractivity contribution in [2.24, 2.45) is 0 Å². The molecule has 0 atom stereocenters. The van der Waals surface area contributed by atoms with E-state index in [1.807, 2.05) is 0 Å². The van der Waals surface area contributed by atoms with E-state index in [2.05, 4.69) is 5.32 Å². The van der Waals surface area contributed by atoms with Crippen LogP contribution in [-0.2, 0) is 0 Å². The highest BCUT2D eigenvalue weighted by atomic mass is 19.1. The van der Waals surface area contributed by atoms with E-state index in [9.17, 15) is 23.7 Å². The highest BCUT2D eigenvalue weighted by Gasteiger charge is 2.16. The number of benzene rings is 2. The predicted octanol–water partition coefficient (Wildman–Crippen LogP) is 4.39. The van der Waals surface area contributed by atoms with Crippen LogP contribution in [0, 0.1) is 21.7 Å². The first-order chi connectivity index (χ1) is 11.9. The molecule has 1 heterocycles. The fourth-order valence-corrected chi connectivity index (χ4v) is 2.16. The van der Waals surface area contributed by atoms with E-state index >= 15 is 0 Å². The summed E-state index contributed by atoms with van der Waals surface area (Å²) in [6.07, 6.45) is 0. The molecule has 0 aliphatic heterocycles. The van der Waals surface area contributed by atoms with Gasteiger partial charge in [-0.1, -0.05) is 12.1 Å². The molecule has 2 aromatic carbocycles. The molecule has 0 aliphatic carbocycles. The van der Waals surface area contributed by atoms with Crippen molar-refractivity contribution in [1.82, 2.24) is 0 Å². The first-order valence-corrected chi connectivity index (χ1v) is 7.05. The smallest absolute Gasteiger partial charge is 0.291 e. The first-order valence-electron chi connectivity index (χ1n) is 7.05. The molecule has 8 heteroatoms. The normalized spacial score (nSPS) is 10.5. The van der Waals surface area contributed by atoms with Gasteiger partial charge in [0.1, 0.15) is 17.4 Å². The van der Waals surface area contributed by atoms with Crippen LogP contribution in [0.15, 0.2) is 59.0 Å². The molecule has 3 rings (SSSR count). The number of carbonyl (C=O) groups excluding carboxylic acids is 1. The van der Waals surface area contributed by atoms with Crippen molar-refractivity contribution >= 4 is 17.3 Å². The number of anilines is 1. The Morgan fingerprint density at radius 2 is 1.88 bits per heavy atom. The number of halogens is 2. The molecule has 6 nitrogen and oxygen atoms in total. The summed E-state index contributed by atoms with van der Waals surface area (Å²) in [6.45, 7) is 0. The molecule has 1 amide bonds. The van der Waals surface area contributed by atoms with Gasteiger partial charge >= 0.3 is 0 Å². The number of nitrogens with zero attached hydrogens (tertiary/aromatic N) is 1. The zero-order valence-corrected chi connectivity index (χ0v) is 12.5. The molecule has 0 fully saturated rings. The average molecular weight is 344 g/mol. The number of furan rings is 1. The minimum Gasteiger partial charge on any atom is -0.451 e. The highest BCUT2D eigenvalue weighted by molar-refractivity contribution is 6.02. The molecule has 25 heavy (non-hydrogen) atoms. The van der Waals surface area contributed by atoms with E-state index in [-0.39, 0.29) is 22.9 Å². The molecule has 0 aliphatic rings. The summed E-state index contributed by atoms with van der Waals surface area (Å²) in [5.74, 6) is -2.29. The van der Waals surface area contributed by atoms with Gasteiger partial charge in [-0.15, -0.1) is 0 Å². The van der Waals surface area contributed by atoms with Crippen molar-refractivity contribution in [3.8, 4) is 11.3 Å². The number of nitro benzene ring substituents is 1. The fraction of sp³-hybridized carbons (Fsp3) is 0. The summed E-state index contributed by atoms with van der Waals surface area (Å²) in [7, 11) is 0. The number of hydrogen-bond donors (Lipinski definition) is 1. The number of hydrogen-bond acceptors (Lipinski definition) is 4. The van der Waals surface area contributed by atoms with Crippen LogP contribution in [0.3, 0.4) is 0 Å². The molecule has 0 saturated heterocycles. The maximum atomic E-state index is 13.6. The van der Waals surface area contributed by atoms with Crippen LogP contribution in [0.4, 0.5) is 20.2 Å². The second kappa shape index (κ2) is 6.52. The van der Waals surface area contributed by atoms with Gasteiger partial charge in [0.25, 0.3) is 11.6 Å². The zero-order valence-electron chi connectivity index (χ0n) is 12.5. The largest absolute Gasteiger partial charge is 0.451 e. The SMILES string of the molecule is O=C(Nc1ccc(F)cc1F)c1ccc(-c2cccc([N+](=O)[O-])c2)o1. The molecule has 1 aromatic heterocycles. The van der Waals surface area contributed by atoms with Gasteiger partial charge in [0.2, 0.25) is 0 Å². The molecular weight excluding hydrogens is 334 g/mol. The first kappa shape index (κ1) is 16.3. The Morgan fingerprint density at radius 3 is 2.60 bits per heavy atom. The van der Waals surface area contributed by atoms with Crippen molar-refractivity contribution in [2.45, 2.75) is 0 Å². The van der Waals surface area contributed by atoms with Gasteiger partial charge in [0.15, 0.2) is 5.76 Å². The topological polar surface area (TPSA) is 85.4 Å². The lowest BCUT2D eigenvalue weighted by Gasteiger charge is -2.04. The zero-order chi connectivity index (χ0) is 18.0. The Hall–Kier alpha value is -3.55. The van der Waals surface area contributed by atoms with E-state index in [0.29, 0.717) is 11.6 Å². The molecule has 0 unspecified atom stereocenters. The lowest BCUT2D eigenvalue weighted by atomic mass is 10.1. The second-order valence-corrected chi connectivity index (χ2v) is 5.05. The fourth-order valence-electron chi connectivity index (χ4n) is 2.16. The van der Waals surface area contributed by atoms with E-state index < -0.39 is 22.5 Å². The Balaban J connectivity index is 1.82. The van der Waals surface area contributed by atoms with Crippen LogP contribution in [-0.4, -0.2) is 10.8 Å². The van der Waals surface area contributed by atoms with Crippen LogP contribution in [0.2, 0.25) is 0 Å². The lowest BCUT2D eigenvalue weighted by molar-refractivity contribution is -0.384. The van der Waals surface area contributed by atoms with Crippen LogP contribution < -0.4 is 5.32 Å². The predicted molar refractivity (Wildman–Crippen MR) is 85.1 cm³/mol. The number of non-ortho nitro benzene ring substituents is 1. The van der Waals surface area contributed by atoms with Crippen molar-refractivity contribution in [2.75, 3.05) is 5.32 Å². The Morgan fingerprint density at radius 1 is 1.08 bits per heavy atom. The van der Waals surface area contributed by atoms with Gasteiger partial charge in [-0.2, -0.15) is 0 Å². The summed E-state index contributed by atoms with van der Waals surface area (Å²) in [4.78, 5) is 22.4. The van der Waals surface area contributed by atoms with Crippen LogP contribution in [0.1, 0.15) is 10.6 Å². The Bertz CT molecular complexity index is 969. The van der Waals surface area contributed by atoms with Crippen LogP contribution >= 0.6 is 0 Å². The van der Waals surface area contributed by atoms with Crippen molar-refractivity contribution in [3.05, 3.63) is 82.1 Å². The molecule has 1 N–H and O–H groups in total. The lowest BCUT2D eigenvalue weighted by Crippen LogP contribution is -2.12. The maximum Gasteiger partial charge on any atom is 0.291 e. The van der Waals surface area contributed by atoms with Crippen LogP contribution in [0.5, 0.6) is 0 Å². The molecule has 0 spiro atoms. The number of nitrogens with one attached hydrogen (secondary N) is 1. The summed E-state index contributed by atoms with van der Waals surface area (Å²) < 4.78 is 31.8. The summed E-state index contributed by atoms with van der Waals surface area (Å²) in [5, 5.41) is 13.1. The van der Waals surface area contributed by atoms with Gasteiger partial charge in [-0.05, 0) is 24.3 Å². The number of rotatable bonds is 4. The van der Waals surface area contributed by atoms with Crippen molar-refractivity contribution < 1.29 is 22.9 Å². The second-order valence-electron chi connectivity index (χ2n) is 5.05. The highest BCUT2D eigenvalue weighted by Crippen LogP contribution is 2.26. The quantitative estimate of drug-likeness (QED) is 0.562. The van der Waals surface area contributed by atoms with Gasteiger partial charge < -0.3 is 9.73 Å². The van der Waals surface area contributed by atoms with E-state index in [1.165, 1.54) is 30.3 Å².